The molecule has 0 aromatic heterocycles. The van der Waals surface area contributed by atoms with Crippen molar-refractivity contribution in [1.82, 2.24) is 0 Å². The van der Waals surface area contributed by atoms with Crippen molar-refractivity contribution in [2.24, 2.45) is 0 Å². The number of rotatable bonds is 0. The third-order valence-corrected chi connectivity index (χ3v) is 0. The van der Waals surface area contributed by atoms with Crippen molar-refractivity contribution in [3.8, 4) is 0 Å². The monoisotopic (exact) mass is 99.0 g/mol. The van der Waals surface area contributed by atoms with E-state index in [0.29, 0.717) is 0 Å². The molecule has 0 spiro atoms. The summed E-state index contributed by atoms with van der Waals surface area (Å²) in [4.78, 5) is 0. The van der Waals surface area contributed by atoms with Gasteiger partial charge in [-0.1, -0.05) is 11.6 Å². The Kier molecular flexibility index (Phi) is 55.7. The van der Waals surface area contributed by atoms with E-state index in [4.69, 9.17) is 4.39 Å². The fourth-order valence-electron chi connectivity index (χ4n) is 0. The first-order valence-electron chi connectivity index (χ1n) is 0.655. The summed E-state index contributed by atoms with van der Waals surface area (Å²) in [5.41, 5.74) is 0. The van der Waals surface area contributed by atoms with Crippen LogP contribution in [0.1, 0.15) is 0 Å². The van der Waals surface area contributed by atoms with Crippen molar-refractivity contribution in [3.63, 3.8) is 0 Å². The Morgan fingerprint density at radius 2 is 1.60 bits per heavy atom. The molecule has 0 aromatic carbocycles. The second kappa shape index (κ2) is 31.1. The third-order valence-electron chi connectivity index (χ3n) is 0. The normalized spacial score (nSPS) is 4.80. The molecule has 0 saturated heterocycles. The zero-order valence-corrected chi connectivity index (χ0v) is 3.04. The maximum Gasteiger partial charge on any atom is 0.218 e. The van der Waals surface area contributed by atoms with Gasteiger partial charge in [0.15, 0.2) is 7.18 Å². The van der Waals surface area contributed by atoms with Crippen molar-refractivity contribution in [3.05, 3.63) is 13.3 Å². The van der Waals surface area contributed by atoms with Gasteiger partial charge < -0.3 is 0 Å². The molecular weight excluding hydrogens is 97.5 g/mol. The molecule has 0 aliphatic carbocycles. The molecule has 0 rings (SSSR count). The van der Waals surface area contributed by atoms with E-state index < -0.39 is 0 Å². The molecule has 0 amide bonds. The Hall–Kier alpha value is 0.150. The summed E-state index contributed by atoms with van der Waals surface area (Å²) in [5, 5.41) is 0. The Bertz CT molecular complexity index is 7.61. The first kappa shape index (κ1) is 8.94. The minimum atomic E-state index is -0.0278. The van der Waals surface area contributed by atoms with Gasteiger partial charge in [0.2, 0.25) is 6.13 Å². The van der Waals surface area contributed by atoms with Gasteiger partial charge in [0.25, 0.3) is 0 Å². The molecule has 3 radical (unpaired) electrons. The van der Waals surface area contributed by atoms with Gasteiger partial charge in [-0.25, -0.2) is 8.78 Å². The standard InChI is InChI=1S/CHClF.CHF/c2-1-3;1-2/h1H;1H. The minimum absolute atomic E-state index is 0.0278. The largest absolute Gasteiger partial charge is 0.241 e. The van der Waals surface area contributed by atoms with E-state index in [1.54, 1.807) is 0 Å². The Morgan fingerprint density at radius 3 is 1.60 bits per heavy atom. The topological polar surface area (TPSA) is 0 Å². The van der Waals surface area contributed by atoms with Crippen LogP contribution in [0, 0.1) is 13.3 Å². The summed E-state index contributed by atoms with van der Waals surface area (Å²) in [6.07, 6.45) is -0.0278. The summed E-state index contributed by atoms with van der Waals surface area (Å²) in [6.45, 7) is 0. The molecule has 0 bridgehead atoms. The summed E-state index contributed by atoms with van der Waals surface area (Å²) in [5.74, 6) is 0. The van der Waals surface area contributed by atoms with Crippen molar-refractivity contribution < 1.29 is 8.78 Å². The number of hydrogen-bond donors (Lipinski definition) is 0. The fraction of sp³-hybridized carbons (Fsp3) is 0. The van der Waals surface area contributed by atoms with Crippen LogP contribution in [-0.2, 0) is 0 Å². The highest BCUT2D eigenvalue weighted by atomic mass is 35.5. The predicted octanol–water partition coefficient (Wildman–Crippen LogP) is 1.94. The van der Waals surface area contributed by atoms with Crippen LogP contribution in [0.2, 0.25) is 0 Å². The first-order valence-corrected chi connectivity index (χ1v) is 1.09. The average Bonchev–Trinajstić information content (AvgIpc) is 1.46. The Morgan fingerprint density at radius 1 is 1.60 bits per heavy atom. The van der Waals surface area contributed by atoms with Gasteiger partial charge in [-0.05, 0) is 0 Å². The summed E-state index contributed by atoms with van der Waals surface area (Å²) in [7, 11) is 3.00. The lowest BCUT2D eigenvalue weighted by atomic mass is 11.8. The van der Waals surface area contributed by atoms with Gasteiger partial charge in [0.05, 0.1) is 0 Å². The third kappa shape index (κ3) is 853. The smallest absolute Gasteiger partial charge is 0.218 e. The second-order valence-corrected chi connectivity index (χ2v) is 0.247. The van der Waals surface area contributed by atoms with Gasteiger partial charge in [-0.2, -0.15) is 0 Å². The Balaban J connectivity index is 0. The minimum Gasteiger partial charge on any atom is -0.241 e. The molecule has 31 valence electrons. The van der Waals surface area contributed by atoms with Crippen LogP contribution >= 0.6 is 11.6 Å². The highest BCUT2D eigenvalue weighted by molar-refractivity contribution is 6.21. The molecule has 0 heterocycles. The molecule has 5 heavy (non-hydrogen) atoms. The van der Waals surface area contributed by atoms with Crippen LogP contribution in [0.5, 0.6) is 0 Å². The molecule has 3 heteroatoms. The van der Waals surface area contributed by atoms with E-state index in [1.165, 1.54) is 0 Å². The molecule has 0 nitrogen and oxygen atoms in total. The zero-order valence-electron chi connectivity index (χ0n) is 2.29. The highest BCUT2D eigenvalue weighted by Gasteiger charge is 1.46. The van der Waals surface area contributed by atoms with Crippen molar-refractivity contribution in [2.75, 3.05) is 0 Å². The van der Waals surface area contributed by atoms with Crippen LogP contribution in [-0.4, -0.2) is 0 Å². The first-order chi connectivity index (χ1) is 2.41. The van der Waals surface area contributed by atoms with E-state index in [0.717, 1.165) is 0 Å². The van der Waals surface area contributed by atoms with Crippen LogP contribution in [0.3, 0.4) is 0 Å². The molecule has 0 aliphatic heterocycles. The summed E-state index contributed by atoms with van der Waals surface area (Å²) in [6, 6.07) is 0. The van der Waals surface area contributed by atoms with E-state index in [1.807, 2.05) is 0 Å². The molecule has 0 aromatic rings. The summed E-state index contributed by atoms with van der Waals surface area (Å²) >= 11 is 4.21. The fourth-order valence-corrected chi connectivity index (χ4v) is 0. The molecule has 0 fully saturated rings. The van der Waals surface area contributed by atoms with Crippen LogP contribution < -0.4 is 0 Å². The molecule has 0 saturated carbocycles. The SMILES string of the molecule is F[CH]Cl.[CH]F. The van der Waals surface area contributed by atoms with Crippen molar-refractivity contribution >= 4 is 11.6 Å². The molecule has 0 aliphatic rings. The quantitative estimate of drug-likeness (QED) is 0.435. The van der Waals surface area contributed by atoms with E-state index in [9.17, 15) is 4.39 Å². The van der Waals surface area contributed by atoms with Crippen LogP contribution in [0.25, 0.3) is 0 Å². The highest BCUT2D eigenvalue weighted by Crippen LogP contribution is 1.76. The van der Waals surface area contributed by atoms with Crippen LogP contribution in [0.4, 0.5) is 8.78 Å². The van der Waals surface area contributed by atoms with E-state index >= 15 is 0 Å². The maximum atomic E-state index is 9.93. The van der Waals surface area contributed by atoms with Gasteiger partial charge >= 0.3 is 0 Å². The number of halogens is 3. The van der Waals surface area contributed by atoms with Gasteiger partial charge in [-0.3, -0.25) is 0 Å². The molecule has 0 N–H and O–H groups in total. The van der Waals surface area contributed by atoms with Gasteiger partial charge in [-0.15, -0.1) is 0 Å². The molecular formula is C2H2ClF2. The van der Waals surface area contributed by atoms with E-state index in [-0.39, 0.29) is 6.13 Å². The Labute approximate surface area is 34.7 Å². The summed E-state index contributed by atoms with van der Waals surface area (Å²) < 4.78 is 18.9. The molecule has 0 atom stereocenters. The van der Waals surface area contributed by atoms with Gasteiger partial charge in [0.1, 0.15) is 0 Å². The lowest BCUT2D eigenvalue weighted by Crippen LogP contribution is -1.12. The van der Waals surface area contributed by atoms with Crippen molar-refractivity contribution in [1.29, 1.82) is 0 Å². The van der Waals surface area contributed by atoms with Crippen molar-refractivity contribution in [2.45, 2.75) is 0 Å². The van der Waals surface area contributed by atoms with Gasteiger partial charge in [0, 0.05) is 0 Å². The lowest BCUT2D eigenvalue weighted by molar-refractivity contribution is 0.685. The molecule has 0 unspecified atom stereocenters. The second-order valence-electron chi connectivity index (χ2n) is 0.0825. The average molecular weight is 99.5 g/mol. The van der Waals surface area contributed by atoms with E-state index in [2.05, 4.69) is 18.8 Å². The predicted molar refractivity (Wildman–Crippen MR) is 16.7 cm³/mol. The van der Waals surface area contributed by atoms with Crippen LogP contribution in [0.15, 0.2) is 0 Å². The number of hydrogen-bond acceptors (Lipinski definition) is 0. The maximum absolute atomic E-state index is 9.93. The zero-order chi connectivity index (χ0) is 4.71. The lowest BCUT2D eigenvalue weighted by Gasteiger charge is -1.40.